The molecule has 0 aliphatic heterocycles. The van der Waals surface area contributed by atoms with E-state index in [1.165, 1.54) is 11.1 Å². The molecule has 0 bridgehead atoms. The van der Waals surface area contributed by atoms with Crippen LogP contribution in [0.25, 0.3) is 0 Å². The van der Waals surface area contributed by atoms with Crippen LogP contribution in [0.4, 0.5) is 0 Å². The molecule has 1 amide bonds. The van der Waals surface area contributed by atoms with Crippen molar-refractivity contribution in [3.63, 3.8) is 0 Å². The number of carbonyl (C=O) groups is 1. The smallest absolute Gasteiger partial charge is 0.240 e. The highest BCUT2D eigenvalue weighted by Gasteiger charge is 2.30. The average molecular weight is 242 g/mol. The third kappa shape index (κ3) is 2.38. The summed E-state index contributed by atoms with van der Waals surface area (Å²) in [6, 6.07) is 10.3. The van der Waals surface area contributed by atoms with Gasteiger partial charge in [0.25, 0.3) is 0 Å². The van der Waals surface area contributed by atoms with Crippen LogP contribution in [0, 0.1) is 16.7 Å². The molecule has 0 fully saturated rings. The van der Waals surface area contributed by atoms with E-state index in [0.717, 1.165) is 19.3 Å². The molecule has 1 aromatic rings. The van der Waals surface area contributed by atoms with Gasteiger partial charge in [0.15, 0.2) is 0 Å². The van der Waals surface area contributed by atoms with Crippen LogP contribution in [0.15, 0.2) is 24.3 Å². The fourth-order valence-corrected chi connectivity index (χ4v) is 2.29. The molecule has 3 nitrogen and oxygen atoms in total. The van der Waals surface area contributed by atoms with Gasteiger partial charge in [-0.15, -0.1) is 0 Å². The van der Waals surface area contributed by atoms with Gasteiger partial charge in [-0.3, -0.25) is 4.79 Å². The van der Waals surface area contributed by atoms with Crippen LogP contribution in [0.5, 0.6) is 0 Å². The maximum atomic E-state index is 12.0. The average Bonchev–Trinajstić information content (AvgIpc) is 2.39. The molecule has 94 valence electrons. The molecule has 2 rings (SSSR count). The molecule has 1 N–H and O–H groups in total. The minimum atomic E-state index is -0.966. The molecule has 18 heavy (non-hydrogen) atoms. The zero-order valence-corrected chi connectivity index (χ0v) is 10.9. The number of nitriles is 1. The van der Waals surface area contributed by atoms with Crippen molar-refractivity contribution < 1.29 is 4.79 Å². The normalized spacial score (nSPS) is 18.6. The summed E-state index contributed by atoms with van der Waals surface area (Å²) in [6.07, 6.45) is 3.10. The summed E-state index contributed by atoms with van der Waals surface area (Å²) < 4.78 is 0. The third-order valence-corrected chi connectivity index (χ3v) is 3.52. The summed E-state index contributed by atoms with van der Waals surface area (Å²) in [4.78, 5) is 12.0. The van der Waals surface area contributed by atoms with Crippen LogP contribution >= 0.6 is 0 Å². The number of benzene rings is 1. The number of carbonyl (C=O) groups excluding carboxylic acids is 1. The number of fused-ring (bicyclic) bond motifs is 1. The highest BCUT2D eigenvalue weighted by atomic mass is 16.2. The maximum Gasteiger partial charge on any atom is 0.240 e. The fraction of sp³-hybridized carbons (Fsp3) is 0.467. The number of rotatable bonds is 2. The number of aryl methyl sites for hydroxylation is 1. The molecule has 0 saturated heterocycles. The minimum absolute atomic E-state index is 0.0510. The summed E-state index contributed by atoms with van der Waals surface area (Å²) in [7, 11) is 0. The van der Waals surface area contributed by atoms with Gasteiger partial charge in [-0.2, -0.15) is 5.26 Å². The maximum absolute atomic E-state index is 12.0. The highest BCUT2D eigenvalue weighted by Crippen LogP contribution is 2.30. The molecule has 0 spiro atoms. The van der Waals surface area contributed by atoms with Gasteiger partial charge in [0.05, 0.1) is 12.1 Å². The van der Waals surface area contributed by atoms with Crippen LogP contribution in [-0.2, 0) is 11.2 Å². The molecule has 1 aliphatic carbocycles. The monoisotopic (exact) mass is 242 g/mol. The van der Waals surface area contributed by atoms with Gasteiger partial charge in [-0.25, -0.2) is 0 Å². The summed E-state index contributed by atoms with van der Waals surface area (Å²) >= 11 is 0. The molecular formula is C15H18N2O. The van der Waals surface area contributed by atoms with Crippen molar-refractivity contribution in [2.45, 2.75) is 39.2 Å². The zero-order valence-electron chi connectivity index (χ0n) is 10.9. The standard InChI is InChI=1S/C15H18N2O/c1-15(2,10-16)14(18)17-13-9-5-7-11-6-3-4-8-12(11)13/h3-4,6,8,13H,5,7,9H2,1-2H3,(H,17,18). The molecule has 0 aromatic heterocycles. The van der Waals surface area contributed by atoms with Gasteiger partial charge in [0, 0.05) is 0 Å². The Morgan fingerprint density at radius 2 is 2.17 bits per heavy atom. The number of hydrogen-bond donors (Lipinski definition) is 1. The first kappa shape index (κ1) is 12.6. The summed E-state index contributed by atoms with van der Waals surface area (Å²) in [6.45, 7) is 3.30. The number of nitrogens with one attached hydrogen (secondary N) is 1. The number of amides is 1. The lowest BCUT2D eigenvalue weighted by atomic mass is 9.86. The van der Waals surface area contributed by atoms with E-state index in [4.69, 9.17) is 5.26 Å². The second-order valence-electron chi connectivity index (χ2n) is 5.35. The second-order valence-corrected chi connectivity index (χ2v) is 5.35. The van der Waals surface area contributed by atoms with Crippen molar-refractivity contribution in [1.82, 2.24) is 5.32 Å². The molecule has 3 heteroatoms. The summed E-state index contributed by atoms with van der Waals surface area (Å²) in [5.74, 6) is -0.188. The molecule has 1 unspecified atom stereocenters. The topological polar surface area (TPSA) is 52.9 Å². The van der Waals surface area contributed by atoms with E-state index < -0.39 is 5.41 Å². The molecule has 0 saturated carbocycles. The predicted octanol–water partition coefficient (Wildman–Crippen LogP) is 2.73. The minimum Gasteiger partial charge on any atom is -0.348 e. The number of hydrogen-bond acceptors (Lipinski definition) is 2. The van der Waals surface area contributed by atoms with Crippen molar-refractivity contribution in [2.75, 3.05) is 0 Å². The van der Waals surface area contributed by atoms with Gasteiger partial charge in [0.2, 0.25) is 5.91 Å². The lowest BCUT2D eigenvalue weighted by Crippen LogP contribution is -2.39. The van der Waals surface area contributed by atoms with Crippen molar-refractivity contribution in [3.8, 4) is 6.07 Å². The van der Waals surface area contributed by atoms with E-state index in [-0.39, 0.29) is 11.9 Å². The van der Waals surface area contributed by atoms with E-state index in [0.29, 0.717) is 0 Å². The zero-order chi connectivity index (χ0) is 13.2. The van der Waals surface area contributed by atoms with Crippen molar-refractivity contribution in [2.24, 2.45) is 5.41 Å². The van der Waals surface area contributed by atoms with Gasteiger partial charge in [0.1, 0.15) is 5.41 Å². The third-order valence-electron chi connectivity index (χ3n) is 3.52. The van der Waals surface area contributed by atoms with Crippen molar-refractivity contribution >= 4 is 5.91 Å². The largest absolute Gasteiger partial charge is 0.348 e. The van der Waals surface area contributed by atoms with Crippen molar-refractivity contribution in [1.29, 1.82) is 5.26 Å². The van der Waals surface area contributed by atoms with Crippen molar-refractivity contribution in [3.05, 3.63) is 35.4 Å². The van der Waals surface area contributed by atoms with Crippen LogP contribution in [0.3, 0.4) is 0 Å². The molecule has 0 heterocycles. The first-order valence-electron chi connectivity index (χ1n) is 6.34. The lowest BCUT2D eigenvalue weighted by molar-refractivity contribution is -0.127. The van der Waals surface area contributed by atoms with E-state index >= 15 is 0 Å². The van der Waals surface area contributed by atoms with Gasteiger partial charge >= 0.3 is 0 Å². The molecule has 1 aliphatic rings. The predicted molar refractivity (Wildman–Crippen MR) is 69.7 cm³/mol. The SMILES string of the molecule is CC(C)(C#N)C(=O)NC1CCCc2ccccc21. The molecule has 1 aromatic carbocycles. The Labute approximate surface area is 108 Å². The Bertz CT molecular complexity index is 499. The van der Waals surface area contributed by atoms with E-state index in [9.17, 15) is 4.79 Å². The Morgan fingerprint density at radius 1 is 1.44 bits per heavy atom. The van der Waals surface area contributed by atoms with Crippen LogP contribution in [0.2, 0.25) is 0 Å². The summed E-state index contributed by atoms with van der Waals surface area (Å²) in [5, 5.41) is 12.0. The van der Waals surface area contributed by atoms with Crippen LogP contribution in [0.1, 0.15) is 43.9 Å². The molecule has 1 atom stereocenters. The first-order chi connectivity index (χ1) is 8.54. The Kier molecular flexibility index (Phi) is 3.38. The lowest BCUT2D eigenvalue weighted by Gasteiger charge is -2.28. The Hall–Kier alpha value is -1.82. The van der Waals surface area contributed by atoms with Gasteiger partial charge in [-0.05, 0) is 44.2 Å². The second kappa shape index (κ2) is 4.81. The fourth-order valence-electron chi connectivity index (χ4n) is 2.29. The van der Waals surface area contributed by atoms with E-state index in [1.807, 2.05) is 18.2 Å². The van der Waals surface area contributed by atoms with Gasteiger partial charge < -0.3 is 5.32 Å². The van der Waals surface area contributed by atoms with E-state index in [1.54, 1.807) is 13.8 Å². The van der Waals surface area contributed by atoms with E-state index in [2.05, 4.69) is 17.4 Å². The molecular weight excluding hydrogens is 224 g/mol. The highest BCUT2D eigenvalue weighted by molar-refractivity contribution is 5.84. The van der Waals surface area contributed by atoms with Crippen LogP contribution < -0.4 is 5.32 Å². The first-order valence-corrected chi connectivity index (χ1v) is 6.34. The Balaban J connectivity index is 2.18. The number of nitrogens with zero attached hydrogens (tertiary/aromatic N) is 1. The Morgan fingerprint density at radius 3 is 2.89 bits per heavy atom. The molecule has 0 radical (unpaired) electrons. The summed E-state index contributed by atoms with van der Waals surface area (Å²) in [5.41, 5.74) is 1.54. The van der Waals surface area contributed by atoms with Crippen LogP contribution in [-0.4, -0.2) is 5.91 Å². The van der Waals surface area contributed by atoms with Gasteiger partial charge in [-0.1, -0.05) is 24.3 Å². The quantitative estimate of drug-likeness (QED) is 0.867.